The number of hydrogen-bond donors (Lipinski definition) is 1. The van der Waals surface area contributed by atoms with E-state index >= 15 is 0 Å². The molecule has 1 aliphatic rings. The summed E-state index contributed by atoms with van der Waals surface area (Å²) in [4.78, 5) is 14.2. The van der Waals surface area contributed by atoms with E-state index in [2.05, 4.69) is 17.4 Å². The normalized spacial score (nSPS) is 16.3. The SMILES string of the molecule is C[C@H](CCc1ccccc1)NC(=O)N1CCN(S(=O)(=O)c2cccc(Cl)c2Cl)CC1. The van der Waals surface area contributed by atoms with Crippen LogP contribution in [-0.4, -0.2) is 55.9 Å². The predicted molar refractivity (Wildman–Crippen MR) is 120 cm³/mol. The van der Waals surface area contributed by atoms with Gasteiger partial charge in [-0.25, -0.2) is 13.2 Å². The van der Waals surface area contributed by atoms with Gasteiger partial charge in [0.05, 0.1) is 10.0 Å². The van der Waals surface area contributed by atoms with E-state index in [-0.39, 0.29) is 40.1 Å². The van der Waals surface area contributed by atoms with Crippen molar-refractivity contribution < 1.29 is 13.2 Å². The van der Waals surface area contributed by atoms with E-state index in [1.54, 1.807) is 17.0 Å². The summed E-state index contributed by atoms with van der Waals surface area (Å²) in [6.45, 7) is 3.01. The van der Waals surface area contributed by atoms with Gasteiger partial charge in [-0.15, -0.1) is 0 Å². The molecule has 30 heavy (non-hydrogen) atoms. The molecular weight excluding hydrogens is 445 g/mol. The molecule has 0 saturated carbocycles. The molecule has 162 valence electrons. The number of carbonyl (C=O) groups is 1. The van der Waals surface area contributed by atoms with E-state index in [0.29, 0.717) is 13.1 Å². The Morgan fingerprint density at radius 2 is 1.70 bits per heavy atom. The molecule has 0 unspecified atom stereocenters. The van der Waals surface area contributed by atoms with Gasteiger partial charge >= 0.3 is 6.03 Å². The summed E-state index contributed by atoms with van der Waals surface area (Å²) in [6.07, 6.45) is 1.71. The average Bonchev–Trinajstić information content (AvgIpc) is 2.75. The summed E-state index contributed by atoms with van der Waals surface area (Å²) >= 11 is 12.1. The Morgan fingerprint density at radius 3 is 2.37 bits per heavy atom. The number of carbonyl (C=O) groups excluding carboxylic acids is 1. The molecule has 1 saturated heterocycles. The van der Waals surface area contributed by atoms with Gasteiger partial charge in [0.15, 0.2) is 0 Å². The first kappa shape index (κ1) is 22.9. The van der Waals surface area contributed by atoms with Crippen molar-refractivity contribution >= 4 is 39.3 Å². The Bertz CT molecular complexity index is 978. The fourth-order valence-corrected chi connectivity index (χ4v) is 5.51. The zero-order valence-corrected chi connectivity index (χ0v) is 19.1. The number of amides is 2. The number of sulfonamides is 1. The first-order chi connectivity index (χ1) is 14.3. The molecule has 2 aromatic carbocycles. The Hall–Kier alpha value is -1.80. The lowest BCUT2D eigenvalue weighted by atomic mass is 10.1. The minimum atomic E-state index is -3.77. The number of hydrogen-bond acceptors (Lipinski definition) is 3. The first-order valence-corrected chi connectivity index (χ1v) is 12.0. The van der Waals surface area contributed by atoms with Crippen LogP contribution in [0.2, 0.25) is 10.0 Å². The van der Waals surface area contributed by atoms with Crippen LogP contribution >= 0.6 is 23.2 Å². The summed E-state index contributed by atoms with van der Waals surface area (Å²) < 4.78 is 27.1. The summed E-state index contributed by atoms with van der Waals surface area (Å²) in [5, 5.41) is 3.22. The van der Waals surface area contributed by atoms with E-state index in [9.17, 15) is 13.2 Å². The van der Waals surface area contributed by atoms with Crippen molar-refractivity contribution in [2.45, 2.75) is 30.7 Å². The van der Waals surface area contributed by atoms with Crippen molar-refractivity contribution in [1.29, 1.82) is 0 Å². The van der Waals surface area contributed by atoms with Crippen LogP contribution in [0.15, 0.2) is 53.4 Å². The summed E-state index contributed by atoms with van der Waals surface area (Å²) in [6, 6.07) is 14.5. The third-order valence-electron chi connectivity index (χ3n) is 5.14. The minimum absolute atomic E-state index is 0.0101. The minimum Gasteiger partial charge on any atom is -0.336 e. The molecule has 2 amide bonds. The molecule has 0 radical (unpaired) electrons. The van der Waals surface area contributed by atoms with Crippen molar-refractivity contribution in [2.24, 2.45) is 0 Å². The van der Waals surface area contributed by atoms with Crippen LogP contribution in [0.3, 0.4) is 0 Å². The van der Waals surface area contributed by atoms with Crippen molar-refractivity contribution in [3.8, 4) is 0 Å². The lowest BCUT2D eigenvalue weighted by Gasteiger charge is -2.34. The van der Waals surface area contributed by atoms with Gasteiger partial charge in [0.2, 0.25) is 10.0 Å². The highest BCUT2D eigenvalue weighted by Gasteiger charge is 2.32. The number of benzene rings is 2. The van der Waals surface area contributed by atoms with E-state index in [1.165, 1.54) is 15.9 Å². The van der Waals surface area contributed by atoms with Gasteiger partial charge in [0.25, 0.3) is 0 Å². The molecule has 1 heterocycles. The molecule has 0 spiro atoms. The number of nitrogens with zero attached hydrogens (tertiary/aromatic N) is 2. The monoisotopic (exact) mass is 469 g/mol. The molecule has 1 fully saturated rings. The maximum atomic E-state index is 12.9. The molecule has 2 aromatic rings. The Kier molecular flexibility index (Phi) is 7.63. The van der Waals surface area contributed by atoms with E-state index < -0.39 is 10.0 Å². The van der Waals surface area contributed by atoms with Crippen LogP contribution in [0, 0.1) is 0 Å². The van der Waals surface area contributed by atoms with Crippen LogP contribution < -0.4 is 5.32 Å². The van der Waals surface area contributed by atoms with E-state index in [4.69, 9.17) is 23.2 Å². The Labute approximate surface area is 187 Å². The quantitative estimate of drug-likeness (QED) is 0.693. The van der Waals surface area contributed by atoms with Gasteiger partial charge in [-0.2, -0.15) is 4.31 Å². The highest BCUT2D eigenvalue weighted by molar-refractivity contribution is 7.89. The van der Waals surface area contributed by atoms with Gasteiger partial charge < -0.3 is 10.2 Å². The number of aryl methyl sites for hydroxylation is 1. The first-order valence-electron chi connectivity index (χ1n) is 9.82. The van der Waals surface area contributed by atoms with Gasteiger partial charge in [-0.3, -0.25) is 0 Å². The molecule has 9 heteroatoms. The fraction of sp³-hybridized carbons (Fsp3) is 0.381. The topological polar surface area (TPSA) is 69.7 Å². The largest absolute Gasteiger partial charge is 0.336 e. The van der Waals surface area contributed by atoms with Gasteiger partial charge in [0, 0.05) is 32.2 Å². The molecule has 1 aliphatic heterocycles. The lowest BCUT2D eigenvalue weighted by Crippen LogP contribution is -2.54. The summed E-state index contributed by atoms with van der Waals surface area (Å²) in [5.41, 5.74) is 1.23. The van der Waals surface area contributed by atoms with Gasteiger partial charge in [-0.1, -0.05) is 59.6 Å². The summed E-state index contributed by atoms with van der Waals surface area (Å²) in [5.74, 6) is 0. The number of rotatable bonds is 6. The van der Waals surface area contributed by atoms with Crippen LogP contribution in [0.5, 0.6) is 0 Å². The van der Waals surface area contributed by atoms with Gasteiger partial charge in [-0.05, 0) is 37.5 Å². The number of halogens is 2. The third kappa shape index (κ3) is 5.46. The molecule has 6 nitrogen and oxygen atoms in total. The van der Waals surface area contributed by atoms with Crippen molar-refractivity contribution in [2.75, 3.05) is 26.2 Å². The second-order valence-corrected chi connectivity index (χ2v) is 10.0. The standard InChI is InChI=1S/C21H25Cl2N3O3S/c1-16(10-11-17-6-3-2-4-7-17)24-21(27)25-12-14-26(15-13-25)30(28,29)19-9-5-8-18(22)20(19)23/h2-9,16H,10-15H2,1H3,(H,24,27)/t16-/m1/s1. The van der Waals surface area contributed by atoms with Crippen molar-refractivity contribution in [3.05, 3.63) is 64.1 Å². The zero-order valence-electron chi connectivity index (χ0n) is 16.7. The van der Waals surface area contributed by atoms with E-state index in [1.807, 2.05) is 25.1 Å². The maximum Gasteiger partial charge on any atom is 0.317 e. The fourth-order valence-electron chi connectivity index (χ4n) is 3.36. The van der Waals surface area contributed by atoms with Crippen molar-refractivity contribution in [1.82, 2.24) is 14.5 Å². The second kappa shape index (κ2) is 10.0. The third-order valence-corrected chi connectivity index (χ3v) is 8.01. The van der Waals surface area contributed by atoms with Gasteiger partial charge in [0.1, 0.15) is 4.90 Å². The average molecular weight is 470 g/mol. The van der Waals surface area contributed by atoms with Crippen LogP contribution in [0.1, 0.15) is 18.9 Å². The Balaban J connectivity index is 1.52. The number of nitrogens with one attached hydrogen (secondary N) is 1. The molecule has 0 aliphatic carbocycles. The molecule has 3 rings (SSSR count). The second-order valence-electron chi connectivity index (χ2n) is 7.32. The Morgan fingerprint density at radius 1 is 1.03 bits per heavy atom. The molecule has 0 aromatic heterocycles. The highest BCUT2D eigenvalue weighted by Crippen LogP contribution is 2.31. The molecule has 0 bridgehead atoms. The maximum absolute atomic E-state index is 12.9. The number of urea groups is 1. The van der Waals surface area contributed by atoms with Crippen LogP contribution in [0.25, 0.3) is 0 Å². The van der Waals surface area contributed by atoms with Crippen molar-refractivity contribution in [3.63, 3.8) is 0 Å². The number of piperazine rings is 1. The zero-order chi connectivity index (χ0) is 21.7. The highest BCUT2D eigenvalue weighted by atomic mass is 35.5. The van der Waals surface area contributed by atoms with Crippen LogP contribution in [0.4, 0.5) is 4.79 Å². The summed E-state index contributed by atoms with van der Waals surface area (Å²) in [7, 11) is -3.77. The van der Waals surface area contributed by atoms with Crippen LogP contribution in [-0.2, 0) is 16.4 Å². The van der Waals surface area contributed by atoms with E-state index in [0.717, 1.165) is 12.8 Å². The molecule has 1 N–H and O–H groups in total. The predicted octanol–water partition coefficient (Wildman–Crippen LogP) is 4.03. The molecular formula is C21H25Cl2N3O3S. The molecule has 1 atom stereocenters. The smallest absolute Gasteiger partial charge is 0.317 e. The lowest BCUT2D eigenvalue weighted by molar-refractivity contribution is 0.169.